The number of ether oxygens (including phenoxy) is 2. The number of H-pyrrole nitrogens is 1. The number of nitrogens with two attached hydrogens (primary N) is 2. The minimum Gasteiger partial charge on any atom is -0.381 e. The van der Waals surface area contributed by atoms with Crippen molar-refractivity contribution in [1.82, 2.24) is 39.1 Å². The Morgan fingerprint density at radius 1 is 1.05 bits per heavy atom. The molecule has 0 spiro atoms. The number of thiol groups is 1. The van der Waals surface area contributed by atoms with E-state index >= 15 is 0 Å². The summed E-state index contributed by atoms with van der Waals surface area (Å²) < 4.78 is 39.4. The van der Waals surface area contributed by atoms with Gasteiger partial charge in [0.25, 0.3) is 5.56 Å². The molecule has 0 amide bonds. The first-order valence-corrected chi connectivity index (χ1v) is 19.1. The van der Waals surface area contributed by atoms with Crippen molar-refractivity contribution in [2.75, 3.05) is 24.7 Å². The lowest BCUT2D eigenvalue weighted by atomic mass is 10.1. The van der Waals surface area contributed by atoms with Crippen molar-refractivity contribution in [1.29, 1.82) is 0 Å². The van der Waals surface area contributed by atoms with Gasteiger partial charge in [0, 0.05) is 12.8 Å². The van der Waals surface area contributed by atoms with Gasteiger partial charge in [-0.25, -0.2) is 19.5 Å². The molecule has 18 nitrogen and oxygen atoms in total. The van der Waals surface area contributed by atoms with Crippen LogP contribution in [0.4, 0.5) is 11.8 Å². The van der Waals surface area contributed by atoms with Gasteiger partial charge in [0.2, 0.25) is 11.6 Å². The van der Waals surface area contributed by atoms with Crippen LogP contribution < -0.4 is 17.0 Å². The Hall–Kier alpha value is -2.13. The first-order valence-electron chi connectivity index (χ1n) is 12.8. The van der Waals surface area contributed by atoms with Crippen molar-refractivity contribution >= 4 is 76.9 Å². The number of nitrogens with zero attached hydrogens (tertiary/aromatic N) is 7. The number of nitrogen functional groups attached to an aromatic ring is 2. The van der Waals surface area contributed by atoms with Gasteiger partial charge in [-0.2, -0.15) is 10.1 Å². The maximum absolute atomic E-state index is 12.3. The van der Waals surface area contributed by atoms with Gasteiger partial charge in [0.05, 0.1) is 43.6 Å². The van der Waals surface area contributed by atoms with Crippen LogP contribution in [0.3, 0.4) is 0 Å². The summed E-state index contributed by atoms with van der Waals surface area (Å²) in [5, 5.41) is 4.23. The molecule has 3 aliphatic heterocycles. The molecule has 2 bridgehead atoms. The van der Waals surface area contributed by atoms with E-state index in [1.807, 2.05) is 0 Å². The second-order valence-corrected chi connectivity index (χ2v) is 18.0. The molecule has 43 heavy (non-hydrogen) atoms. The van der Waals surface area contributed by atoms with Crippen LogP contribution in [0.1, 0.15) is 30.9 Å². The molecule has 8 atom stereocenters. The molecule has 230 valence electrons. The molecule has 0 saturated carbocycles. The van der Waals surface area contributed by atoms with Gasteiger partial charge >= 0.3 is 6.72 Å². The highest BCUT2D eigenvalue weighted by atomic mass is 32.9. The van der Waals surface area contributed by atoms with Gasteiger partial charge in [0.1, 0.15) is 24.6 Å². The smallest absolute Gasteiger partial charge is 0.325 e. The zero-order valence-corrected chi connectivity index (χ0v) is 26.1. The molecule has 0 aliphatic carbocycles. The van der Waals surface area contributed by atoms with Crippen molar-refractivity contribution in [3.63, 3.8) is 0 Å². The standard InChI is InChI=1S/C20H24N10O8P2S3/c21-15-17-23-3-9(30(17)26-6-24-15)10-2-11-13(36-10)5-33-39(32,41)37-12-1-8(4-34-40(42,43)38-11)35-19(12)29-7-25-14-16(29)27-20(22)28-18(14)31/h3,6-8,10-13,19H,1-2,4-5H2,(H,32,41)(H,42,43)(H2,21,24,26)(H3,22,27,28,31)/t8-,10+,11-,12+,13+,19+,39?/m0/s1. The maximum Gasteiger partial charge on any atom is 0.325 e. The normalized spacial score (nSPS) is 35.4. The monoisotopic (exact) mass is 690 g/mol. The molecule has 4 aromatic heterocycles. The summed E-state index contributed by atoms with van der Waals surface area (Å²) in [5.41, 5.74) is 9.20. The van der Waals surface area contributed by atoms with Gasteiger partial charge < -0.3 is 43.9 Å². The Kier molecular flexibility index (Phi) is 7.59. The molecule has 4 aromatic rings. The molecular formula is C20H24N10O8P2S3. The molecule has 7 rings (SSSR count). The van der Waals surface area contributed by atoms with Crippen molar-refractivity contribution in [2.45, 2.75) is 49.6 Å². The van der Waals surface area contributed by atoms with Crippen LogP contribution in [0.2, 0.25) is 0 Å². The first kappa shape index (κ1) is 29.6. The number of aromatic nitrogens is 8. The highest BCUT2D eigenvalue weighted by Gasteiger charge is 2.45. The lowest BCUT2D eigenvalue weighted by Gasteiger charge is -2.28. The summed E-state index contributed by atoms with van der Waals surface area (Å²) in [5.74, 6) is 0.105. The van der Waals surface area contributed by atoms with Crippen molar-refractivity contribution < 1.29 is 32.5 Å². The van der Waals surface area contributed by atoms with Gasteiger partial charge in [-0.3, -0.25) is 14.3 Å². The summed E-state index contributed by atoms with van der Waals surface area (Å²) in [6.07, 6.45) is 0.497. The molecule has 0 aromatic carbocycles. The number of nitrogens with one attached hydrogen (secondary N) is 1. The van der Waals surface area contributed by atoms with Crippen LogP contribution in [-0.4, -0.2) is 81.6 Å². The molecule has 7 heterocycles. The lowest BCUT2D eigenvalue weighted by Crippen LogP contribution is -2.29. The van der Waals surface area contributed by atoms with Gasteiger partial charge in [0.15, 0.2) is 28.9 Å². The Labute approximate surface area is 257 Å². The number of rotatable bonds is 2. The van der Waals surface area contributed by atoms with E-state index in [-0.39, 0.29) is 42.6 Å². The Morgan fingerprint density at radius 3 is 2.72 bits per heavy atom. The fraction of sp³-hybridized carbons (Fsp3) is 0.500. The Balaban J connectivity index is 1.17. The van der Waals surface area contributed by atoms with Crippen LogP contribution >= 0.6 is 24.7 Å². The van der Waals surface area contributed by atoms with E-state index < -0.39 is 54.7 Å². The van der Waals surface area contributed by atoms with E-state index in [1.165, 1.54) is 21.7 Å². The van der Waals surface area contributed by atoms with Gasteiger partial charge in [-0.05, 0) is 23.6 Å². The number of fused-ring (bicyclic) bond motifs is 5. The number of hydrogen-bond acceptors (Lipinski definition) is 16. The molecule has 0 radical (unpaired) electrons. The van der Waals surface area contributed by atoms with Crippen molar-refractivity contribution in [2.24, 2.45) is 0 Å². The van der Waals surface area contributed by atoms with Crippen LogP contribution in [0.5, 0.6) is 0 Å². The number of hydrogen-bond donors (Lipinski definition) is 5. The van der Waals surface area contributed by atoms with E-state index in [4.69, 9.17) is 62.6 Å². The average molecular weight is 691 g/mol. The fourth-order valence-electron chi connectivity index (χ4n) is 5.28. The van der Waals surface area contributed by atoms with Gasteiger partial charge in [-0.15, -0.1) is 0 Å². The number of aromatic amines is 1. The number of imidazole rings is 2. The Morgan fingerprint density at radius 2 is 1.88 bits per heavy atom. The van der Waals surface area contributed by atoms with E-state index in [0.29, 0.717) is 17.8 Å². The van der Waals surface area contributed by atoms with E-state index in [1.54, 1.807) is 6.20 Å². The fourth-order valence-corrected chi connectivity index (χ4v) is 8.78. The van der Waals surface area contributed by atoms with Crippen LogP contribution in [0.25, 0.3) is 16.8 Å². The second kappa shape index (κ2) is 11.0. The summed E-state index contributed by atoms with van der Waals surface area (Å²) in [7, 11) is 0. The zero-order valence-electron chi connectivity index (χ0n) is 21.8. The largest absolute Gasteiger partial charge is 0.381 e. The zero-order chi connectivity index (χ0) is 30.1. The third-order valence-electron chi connectivity index (χ3n) is 7.12. The number of anilines is 2. The minimum atomic E-state index is -3.88. The van der Waals surface area contributed by atoms with Crippen LogP contribution in [-0.2, 0) is 51.2 Å². The highest BCUT2D eigenvalue weighted by Crippen LogP contribution is 2.58. The molecule has 3 aliphatic rings. The molecule has 6 N–H and O–H groups in total. The topological polar surface area (TPSA) is 234 Å². The first-order chi connectivity index (χ1) is 20.5. The predicted octanol–water partition coefficient (Wildman–Crippen LogP) is 0.728. The summed E-state index contributed by atoms with van der Waals surface area (Å²) in [6.45, 7) is -4.10. The molecular weight excluding hydrogens is 666 g/mol. The highest BCUT2D eigenvalue weighted by molar-refractivity contribution is 8.60. The van der Waals surface area contributed by atoms with E-state index in [0.717, 1.165) is 0 Å². The summed E-state index contributed by atoms with van der Waals surface area (Å²) in [4.78, 5) is 42.4. The average Bonchev–Trinajstić information content (AvgIpc) is 3.71. The quantitative estimate of drug-likeness (QED) is 0.144. The maximum atomic E-state index is 12.3. The molecule has 2 unspecified atom stereocenters. The predicted molar refractivity (Wildman–Crippen MR) is 160 cm³/mol. The minimum absolute atomic E-state index is 0.0137. The molecule has 23 heteroatoms. The second-order valence-electron chi connectivity index (χ2n) is 9.94. The van der Waals surface area contributed by atoms with Crippen LogP contribution in [0, 0.1) is 0 Å². The summed E-state index contributed by atoms with van der Waals surface area (Å²) >= 11 is 15.6. The van der Waals surface area contributed by atoms with Gasteiger partial charge in [-0.1, -0.05) is 12.2 Å². The van der Waals surface area contributed by atoms with Crippen molar-refractivity contribution in [3.05, 3.63) is 34.9 Å². The molecule has 3 fully saturated rings. The third-order valence-corrected chi connectivity index (χ3v) is 10.9. The Bertz CT molecular complexity index is 1870. The van der Waals surface area contributed by atoms with E-state index in [9.17, 15) is 9.69 Å². The SMILES string of the molecule is Nc1nc2c(ncn2[C@@H]2O[C@@H]3COP(=S)(S)O[C@H]4C[C@H](c5cnc6c(N)ncnn56)O[C@@H]4COP(O)(=S)O[C@@H]2C3)c(=O)[nH]1. The van der Waals surface area contributed by atoms with E-state index in [2.05, 4.69) is 42.3 Å². The lowest BCUT2D eigenvalue weighted by molar-refractivity contribution is -0.0517. The third kappa shape index (κ3) is 5.73. The summed E-state index contributed by atoms with van der Waals surface area (Å²) in [6, 6.07) is 0. The van der Waals surface area contributed by atoms with Crippen LogP contribution in [0.15, 0.2) is 23.6 Å². The van der Waals surface area contributed by atoms with Crippen molar-refractivity contribution in [3.8, 4) is 0 Å². The molecule has 3 saturated heterocycles.